The van der Waals surface area contributed by atoms with Crippen molar-refractivity contribution in [2.75, 3.05) is 33.2 Å². The first-order chi connectivity index (χ1) is 10.6. The van der Waals surface area contributed by atoms with E-state index < -0.39 is 0 Å². The smallest absolute Gasteiger partial charge is 0.191 e. The van der Waals surface area contributed by atoms with Crippen molar-refractivity contribution in [3.05, 3.63) is 15.6 Å². The molecule has 22 heavy (non-hydrogen) atoms. The maximum atomic E-state index is 4.55. The minimum Gasteiger partial charge on any atom is -0.356 e. The first kappa shape index (κ1) is 17.2. The highest BCUT2D eigenvalue weighted by Gasteiger charge is 2.14. The van der Waals surface area contributed by atoms with Gasteiger partial charge in [-0.3, -0.25) is 4.99 Å². The molecular formula is C16H29N5S. The maximum absolute atomic E-state index is 4.55. The summed E-state index contributed by atoms with van der Waals surface area (Å²) >= 11 is 1.75. The molecule has 0 radical (unpaired) electrons. The standard InChI is InChI=1S/C16H29N5S/c1-12(11-21-7-5-6-8-21)9-18-16(17-4)19-10-15-20-13(2)14(3)22-15/h12H,5-11H2,1-4H3,(H2,17,18,19). The Morgan fingerprint density at radius 1 is 1.32 bits per heavy atom. The number of nitrogens with zero attached hydrogens (tertiary/aromatic N) is 3. The molecule has 1 atom stereocenters. The summed E-state index contributed by atoms with van der Waals surface area (Å²) in [4.78, 5) is 12.7. The number of aliphatic imine (C=N–C) groups is 1. The molecule has 0 amide bonds. The van der Waals surface area contributed by atoms with Crippen molar-refractivity contribution >= 4 is 17.3 Å². The lowest BCUT2D eigenvalue weighted by atomic mass is 10.1. The van der Waals surface area contributed by atoms with Gasteiger partial charge in [0.1, 0.15) is 5.01 Å². The van der Waals surface area contributed by atoms with Crippen LogP contribution in [-0.4, -0.2) is 49.1 Å². The number of thiazole rings is 1. The second-order valence-electron chi connectivity index (χ2n) is 6.17. The average molecular weight is 324 g/mol. The van der Waals surface area contributed by atoms with Gasteiger partial charge in [-0.25, -0.2) is 4.98 Å². The highest BCUT2D eigenvalue weighted by atomic mass is 32.1. The number of guanidine groups is 1. The molecule has 0 bridgehead atoms. The molecule has 2 rings (SSSR count). The van der Waals surface area contributed by atoms with Crippen molar-refractivity contribution < 1.29 is 0 Å². The third kappa shape index (κ3) is 5.25. The summed E-state index contributed by atoms with van der Waals surface area (Å²) in [5, 5.41) is 7.89. The van der Waals surface area contributed by atoms with Crippen LogP contribution >= 0.6 is 11.3 Å². The summed E-state index contributed by atoms with van der Waals surface area (Å²) in [6.07, 6.45) is 2.71. The van der Waals surface area contributed by atoms with Crippen molar-refractivity contribution in [1.29, 1.82) is 0 Å². The summed E-state index contributed by atoms with van der Waals surface area (Å²) in [6.45, 7) is 11.9. The van der Waals surface area contributed by atoms with E-state index in [9.17, 15) is 0 Å². The van der Waals surface area contributed by atoms with Crippen LogP contribution in [0, 0.1) is 19.8 Å². The molecule has 6 heteroatoms. The van der Waals surface area contributed by atoms with Crippen LogP contribution in [0.25, 0.3) is 0 Å². The van der Waals surface area contributed by atoms with Gasteiger partial charge in [0.25, 0.3) is 0 Å². The van der Waals surface area contributed by atoms with Gasteiger partial charge >= 0.3 is 0 Å². The number of rotatable bonds is 6. The Bertz CT molecular complexity index is 471. The number of aryl methyl sites for hydroxylation is 2. The molecule has 0 aromatic carbocycles. The molecule has 0 spiro atoms. The second-order valence-corrected chi connectivity index (χ2v) is 7.46. The van der Waals surface area contributed by atoms with Gasteiger partial charge in [-0.2, -0.15) is 0 Å². The number of nitrogens with one attached hydrogen (secondary N) is 2. The Hall–Kier alpha value is -1.14. The maximum Gasteiger partial charge on any atom is 0.191 e. The van der Waals surface area contributed by atoms with Gasteiger partial charge in [-0.05, 0) is 45.7 Å². The molecule has 124 valence electrons. The van der Waals surface area contributed by atoms with Crippen LogP contribution in [-0.2, 0) is 6.54 Å². The van der Waals surface area contributed by atoms with Crippen molar-refractivity contribution in [2.45, 2.75) is 40.2 Å². The largest absolute Gasteiger partial charge is 0.356 e. The van der Waals surface area contributed by atoms with E-state index >= 15 is 0 Å². The van der Waals surface area contributed by atoms with E-state index in [2.05, 4.69) is 46.3 Å². The Balaban J connectivity index is 1.70. The van der Waals surface area contributed by atoms with Crippen LogP contribution in [0.5, 0.6) is 0 Å². The monoisotopic (exact) mass is 323 g/mol. The molecule has 1 aliphatic heterocycles. The van der Waals surface area contributed by atoms with Crippen molar-refractivity contribution in [3.63, 3.8) is 0 Å². The van der Waals surface area contributed by atoms with Crippen molar-refractivity contribution in [3.8, 4) is 0 Å². The van der Waals surface area contributed by atoms with E-state index in [0.717, 1.165) is 29.8 Å². The van der Waals surface area contributed by atoms with Gasteiger partial charge in [0.05, 0.1) is 12.2 Å². The first-order valence-corrected chi connectivity index (χ1v) is 9.00. The summed E-state index contributed by atoms with van der Waals surface area (Å²) in [7, 11) is 1.82. The SMILES string of the molecule is CN=C(NCc1nc(C)c(C)s1)NCC(C)CN1CCCC1. The lowest BCUT2D eigenvalue weighted by Gasteiger charge is -2.21. The van der Waals surface area contributed by atoms with Crippen molar-refractivity contribution in [2.24, 2.45) is 10.9 Å². The van der Waals surface area contributed by atoms with E-state index in [1.165, 1.54) is 37.4 Å². The van der Waals surface area contributed by atoms with Crippen LogP contribution in [0.4, 0.5) is 0 Å². The topological polar surface area (TPSA) is 52.6 Å². The Morgan fingerprint density at radius 2 is 2.05 bits per heavy atom. The van der Waals surface area contributed by atoms with Crippen LogP contribution in [0.1, 0.15) is 35.3 Å². The summed E-state index contributed by atoms with van der Waals surface area (Å²) < 4.78 is 0. The fraction of sp³-hybridized carbons (Fsp3) is 0.750. The molecule has 1 aliphatic rings. The molecule has 1 unspecified atom stereocenters. The third-order valence-corrected chi connectivity index (χ3v) is 5.16. The molecule has 0 saturated carbocycles. The second kappa shape index (κ2) is 8.48. The Kier molecular flexibility index (Phi) is 6.64. The number of hydrogen-bond acceptors (Lipinski definition) is 4. The van der Waals surface area contributed by atoms with E-state index in [1.807, 2.05) is 7.05 Å². The van der Waals surface area contributed by atoms with E-state index in [0.29, 0.717) is 5.92 Å². The number of aromatic nitrogens is 1. The van der Waals surface area contributed by atoms with Gasteiger partial charge in [0, 0.05) is 25.0 Å². The van der Waals surface area contributed by atoms with Crippen LogP contribution in [0.2, 0.25) is 0 Å². The normalized spacial score (nSPS) is 17.7. The number of hydrogen-bond donors (Lipinski definition) is 2. The third-order valence-electron chi connectivity index (χ3n) is 4.09. The molecule has 0 aliphatic carbocycles. The molecular weight excluding hydrogens is 294 g/mol. The Morgan fingerprint density at radius 3 is 2.64 bits per heavy atom. The lowest BCUT2D eigenvalue weighted by Crippen LogP contribution is -2.41. The predicted octanol–water partition coefficient (Wildman–Crippen LogP) is 2.16. The summed E-state index contributed by atoms with van der Waals surface area (Å²) in [5.74, 6) is 1.49. The highest BCUT2D eigenvalue weighted by molar-refractivity contribution is 7.11. The summed E-state index contributed by atoms with van der Waals surface area (Å²) in [5.41, 5.74) is 1.13. The molecule has 1 saturated heterocycles. The van der Waals surface area contributed by atoms with E-state index in [1.54, 1.807) is 11.3 Å². The fourth-order valence-electron chi connectivity index (χ4n) is 2.74. The van der Waals surface area contributed by atoms with E-state index in [-0.39, 0.29) is 0 Å². The average Bonchev–Trinajstić information content (AvgIpc) is 3.10. The minimum absolute atomic E-state index is 0.626. The summed E-state index contributed by atoms with van der Waals surface area (Å²) in [6, 6.07) is 0. The predicted molar refractivity (Wildman–Crippen MR) is 94.6 cm³/mol. The molecule has 2 N–H and O–H groups in total. The van der Waals surface area contributed by atoms with Gasteiger partial charge in [-0.15, -0.1) is 11.3 Å². The number of likely N-dealkylation sites (tertiary alicyclic amines) is 1. The van der Waals surface area contributed by atoms with Gasteiger partial charge in [0.15, 0.2) is 5.96 Å². The zero-order valence-electron chi connectivity index (χ0n) is 14.3. The molecule has 1 aromatic rings. The molecule has 5 nitrogen and oxygen atoms in total. The van der Waals surface area contributed by atoms with Gasteiger partial charge in [0.2, 0.25) is 0 Å². The fourth-order valence-corrected chi connectivity index (χ4v) is 3.61. The van der Waals surface area contributed by atoms with Crippen LogP contribution < -0.4 is 10.6 Å². The zero-order chi connectivity index (χ0) is 15.9. The lowest BCUT2D eigenvalue weighted by molar-refractivity contribution is 0.287. The zero-order valence-corrected chi connectivity index (χ0v) is 15.1. The van der Waals surface area contributed by atoms with Gasteiger partial charge in [-0.1, -0.05) is 6.92 Å². The molecule has 1 aromatic heterocycles. The highest BCUT2D eigenvalue weighted by Crippen LogP contribution is 2.15. The van der Waals surface area contributed by atoms with Crippen LogP contribution in [0.15, 0.2) is 4.99 Å². The van der Waals surface area contributed by atoms with E-state index in [4.69, 9.17) is 0 Å². The molecule has 2 heterocycles. The van der Waals surface area contributed by atoms with Crippen LogP contribution in [0.3, 0.4) is 0 Å². The van der Waals surface area contributed by atoms with Crippen molar-refractivity contribution in [1.82, 2.24) is 20.5 Å². The molecule has 1 fully saturated rings. The minimum atomic E-state index is 0.626. The quantitative estimate of drug-likeness (QED) is 0.622. The van der Waals surface area contributed by atoms with Gasteiger partial charge < -0.3 is 15.5 Å². The Labute approximate surface area is 138 Å². The first-order valence-electron chi connectivity index (χ1n) is 8.18.